The van der Waals surface area contributed by atoms with Crippen LogP contribution in [0.25, 0.3) is 10.9 Å². The second kappa shape index (κ2) is 9.88. The molecule has 3 aromatic carbocycles. The van der Waals surface area contributed by atoms with Crippen molar-refractivity contribution in [3.63, 3.8) is 0 Å². The zero-order chi connectivity index (χ0) is 24.4. The molecule has 1 saturated carbocycles. The quantitative estimate of drug-likeness (QED) is 0.337. The van der Waals surface area contributed by atoms with Gasteiger partial charge in [-0.15, -0.1) is 0 Å². The predicted octanol–water partition coefficient (Wildman–Crippen LogP) is 5.19. The van der Waals surface area contributed by atoms with Gasteiger partial charge in [-0.25, -0.2) is 0 Å². The van der Waals surface area contributed by atoms with Gasteiger partial charge in [0.25, 0.3) is 11.5 Å². The van der Waals surface area contributed by atoms with Crippen LogP contribution in [0.4, 0.5) is 0 Å². The Hall–Kier alpha value is -3.71. The highest BCUT2D eigenvalue weighted by Crippen LogP contribution is 2.41. The molecule has 1 amide bonds. The number of ether oxygens (including phenoxy) is 1. The van der Waals surface area contributed by atoms with Crippen LogP contribution >= 0.6 is 12.2 Å². The van der Waals surface area contributed by atoms with E-state index in [1.54, 1.807) is 29.9 Å². The van der Waals surface area contributed by atoms with Crippen LogP contribution in [0.5, 0.6) is 5.75 Å². The van der Waals surface area contributed by atoms with Crippen LogP contribution in [-0.4, -0.2) is 22.6 Å². The first-order valence-electron chi connectivity index (χ1n) is 11.8. The molecule has 1 heterocycles. The Kier molecular flexibility index (Phi) is 6.51. The molecule has 1 fully saturated rings. The van der Waals surface area contributed by atoms with E-state index in [4.69, 9.17) is 17.0 Å². The fourth-order valence-corrected chi connectivity index (χ4v) is 4.71. The molecule has 6 nitrogen and oxygen atoms in total. The number of carbonyl (C=O) groups excluding carboxylic acids is 1. The Bertz CT molecular complexity index is 1470. The number of nitrogens with one attached hydrogen (secondary N) is 2. The molecule has 0 unspecified atom stereocenters. The number of carbonyl (C=O) groups is 1. The number of aromatic amines is 1. The van der Waals surface area contributed by atoms with Gasteiger partial charge < -0.3 is 15.0 Å². The molecular weight excluding hydrogens is 458 g/mol. The van der Waals surface area contributed by atoms with Crippen LogP contribution in [0.1, 0.15) is 40.4 Å². The first-order chi connectivity index (χ1) is 17.0. The number of amides is 1. The van der Waals surface area contributed by atoms with E-state index in [1.807, 2.05) is 54.6 Å². The Morgan fingerprint density at radius 2 is 1.86 bits per heavy atom. The van der Waals surface area contributed by atoms with Gasteiger partial charge in [0.05, 0.1) is 24.1 Å². The lowest BCUT2D eigenvalue weighted by atomic mass is 10.0. The number of benzene rings is 3. The minimum absolute atomic E-state index is 0.0615. The smallest absolute Gasteiger partial charge is 0.262 e. The minimum atomic E-state index is -0.174. The molecule has 1 aromatic heterocycles. The SMILES string of the molecule is COc1ccc([C@@H](NC(=O)c2ccc3c(=O)n(CCc4ccccc4)c(=S)[nH]c3c2)C2CC2)cc1. The molecule has 0 aliphatic heterocycles. The van der Waals surface area contributed by atoms with Gasteiger partial charge in [0.15, 0.2) is 4.77 Å². The van der Waals surface area contributed by atoms with Gasteiger partial charge in [0, 0.05) is 12.1 Å². The first-order valence-corrected chi connectivity index (χ1v) is 12.2. The van der Waals surface area contributed by atoms with Crippen molar-refractivity contribution in [2.45, 2.75) is 31.8 Å². The first kappa shape index (κ1) is 23.1. The van der Waals surface area contributed by atoms with Crippen LogP contribution in [0.2, 0.25) is 0 Å². The minimum Gasteiger partial charge on any atom is -0.497 e. The summed E-state index contributed by atoms with van der Waals surface area (Å²) in [6.45, 7) is 0.487. The van der Waals surface area contributed by atoms with E-state index >= 15 is 0 Å². The van der Waals surface area contributed by atoms with E-state index in [2.05, 4.69) is 10.3 Å². The van der Waals surface area contributed by atoms with Gasteiger partial charge in [0.1, 0.15) is 5.75 Å². The third-order valence-electron chi connectivity index (χ3n) is 6.57. The van der Waals surface area contributed by atoms with Crippen molar-refractivity contribution in [3.8, 4) is 5.75 Å². The lowest BCUT2D eigenvalue weighted by Gasteiger charge is -2.19. The highest BCUT2D eigenvalue weighted by molar-refractivity contribution is 7.71. The number of hydrogen-bond acceptors (Lipinski definition) is 4. The second-order valence-corrected chi connectivity index (χ2v) is 9.33. The van der Waals surface area contributed by atoms with Gasteiger partial charge >= 0.3 is 0 Å². The van der Waals surface area contributed by atoms with Gasteiger partial charge in [-0.05, 0) is 78.9 Å². The topological polar surface area (TPSA) is 76.1 Å². The Balaban J connectivity index is 1.38. The average molecular weight is 486 g/mol. The van der Waals surface area contributed by atoms with Crippen molar-refractivity contribution in [1.29, 1.82) is 0 Å². The summed E-state index contributed by atoms with van der Waals surface area (Å²) in [4.78, 5) is 29.4. The number of fused-ring (bicyclic) bond motifs is 1. The van der Waals surface area contributed by atoms with Crippen molar-refractivity contribution in [2.75, 3.05) is 7.11 Å². The third-order valence-corrected chi connectivity index (χ3v) is 6.89. The molecule has 2 N–H and O–H groups in total. The van der Waals surface area contributed by atoms with E-state index in [0.717, 1.165) is 29.7 Å². The van der Waals surface area contributed by atoms with Crippen LogP contribution in [0.15, 0.2) is 77.6 Å². The summed E-state index contributed by atoms with van der Waals surface area (Å²) in [7, 11) is 1.64. The molecule has 0 bridgehead atoms. The largest absolute Gasteiger partial charge is 0.497 e. The zero-order valence-electron chi connectivity index (χ0n) is 19.5. The normalized spacial score (nSPS) is 14.0. The molecule has 1 aliphatic carbocycles. The van der Waals surface area contributed by atoms with Crippen LogP contribution in [0, 0.1) is 10.7 Å². The molecule has 0 saturated heterocycles. The molecule has 0 spiro atoms. The third kappa shape index (κ3) is 5.05. The highest BCUT2D eigenvalue weighted by atomic mass is 32.1. The maximum Gasteiger partial charge on any atom is 0.262 e. The van der Waals surface area contributed by atoms with Crippen molar-refractivity contribution in [1.82, 2.24) is 14.9 Å². The van der Waals surface area contributed by atoms with Crippen LogP contribution in [0.3, 0.4) is 0 Å². The Morgan fingerprint density at radius 1 is 1.11 bits per heavy atom. The molecule has 5 rings (SSSR count). The standard InChI is InChI=1S/C28H27N3O3S/c1-34-22-12-9-20(10-13-22)25(19-7-8-19)30-26(32)21-11-14-23-24(17-21)29-28(35)31(27(23)33)16-15-18-5-3-2-4-6-18/h2-6,9-14,17,19,25H,7-8,15-16H2,1H3,(H,29,35)(H,30,32)/t25-/m0/s1. The highest BCUT2D eigenvalue weighted by Gasteiger charge is 2.33. The molecule has 178 valence electrons. The number of methoxy groups -OCH3 is 1. The molecule has 1 aliphatic rings. The number of rotatable bonds is 8. The summed E-state index contributed by atoms with van der Waals surface area (Å²) in [5.41, 5.74) is 3.10. The summed E-state index contributed by atoms with van der Waals surface area (Å²) in [6, 6.07) is 22.9. The molecule has 35 heavy (non-hydrogen) atoms. The Morgan fingerprint density at radius 3 is 2.54 bits per heavy atom. The fraction of sp³-hybridized carbons (Fsp3) is 0.250. The molecular formula is C28H27N3O3S. The van der Waals surface area contributed by atoms with Gasteiger partial charge in [-0.3, -0.25) is 14.2 Å². The summed E-state index contributed by atoms with van der Waals surface area (Å²) in [5, 5.41) is 3.70. The van der Waals surface area contributed by atoms with Crippen molar-refractivity contribution in [3.05, 3.63) is 105 Å². The Labute approximate surface area is 208 Å². The molecule has 1 atom stereocenters. The lowest BCUT2D eigenvalue weighted by Crippen LogP contribution is -2.30. The number of H-pyrrole nitrogens is 1. The van der Waals surface area contributed by atoms with E-state index in [-0.39, 0.29) is 17.5 Å². The zero-order valence-corrected chi connectivity index (χ0v) is 20.3. The number of hydrogen-bond donors (Lipinski definition) is 2. The lowest BCUT2D eigenvalue weighted by molar-refractivity contribution is 0.0932. The van der Waals surface area contributed by atoms with Crippen molar-refractivity contribution >= 4 is 29.0 Å². The van der Waals surface area contributed by atoms with Crippen molar-refractivity contribution in [2.24, 2.45) is 5.92 Å². The summed E-state index contributed by atoms with van der Waals surface area (Å²) >= 11 is 5.48. The van der Waals surface area contributed by atoms with Gasteiger partial charge in [-0.1, -0.05) is 42.5 Å². The maximum absolute atomic E-state index is 13.2. The van der Waals surface area contributed by atoms with Gasteiger partial charge in [-0.2, -0.15) is 0 Å². The van der Waals surface area contributed by atoms with Crippen LogP contribution < -0.4 is 15.6 Å². The molecule has 4 aromatic rings. The van der Waals surface area contributed by atoms with Gasteiger partial charge in [0.2, 0.25) is 0 Å². The monoisotopic (exact) mass is 485 g/mol. The molecule has 7 heteroatoms. The van der Waals surface area contributed by atoms with Crippen LogP contribution in [-0.2, 0) is 13.0 Å². The number of nitrogens with zero attached hydrogens (tertiary/aromatic N) is 1. The summed E-state index contributed by atoms with van der Waals surface area (Å²) in [5.74, 6) is 1.04. The fourth-order valence-electron chi connectivity index (χ4n) is 4.42. The number of aryl methyl sites for hydroxylation is 1. The number of aromatic nitrogens is 2. The average Bonchev–Trinajstić information content (AvgIpc) is 3.73. The summed E-state index contributed by atoms with van der Waals surface area (Å²) in [6.07, 6.45) is 2.88. The molecule has 0 radical (unpaired) electrons. The maximum atomic E-state index is 13.2. The second-order valence-electron chi connectivity index (χ2n) is 8.94. The predicted molar refractivity (Wildman–Crippen MR) is 139 cm³/mol. The van der Waals surface area contributed by atoms with Crippen molar-refractivity contribution < 1.29 is 9.53 Å². The van der Waals surface area contributed by atoms with E-state index < -0.39 is 0 Å². The van der Waals surface area contributed by atoms with E-state index in [0.29, 0.717) is 40.1 Å². The van der Waals surface area contributed by atoms with E-state index in [9.17, 15) is 9.59 Å². The van der Waals surface area contributed by atoms with E-state index in [1.165, 1.54) is 0 Å². The summed E-state index contributed by atoms with van der Waals surface area (Å²) < 4.78 is 7.19.